The number of aliphatic carboxylic acids is 1. The molecule has 0 saturated heterocycles. The van der Waals surface area contributed by atoms with E-state index in [0.717, 1.165) is 6.08 Å². The van der Waals surface area contributed by atoms with Gasteiger partial charge < -0.3 is 15.7 Å². The van der Waals surface area contributed by atoms with Gasteiger partial charge in [-0.25, -0.2) is 4.79 Å². The van der Waals surface area contributed by atoms with Gasteiger partial charge in [0.2, 0.25) is 11.8 Å². The van der Waals surface area contributed by atoms with Crippen molar-refractivity contribution in [3.8, 4) is 0 Å². The van der Waals surface area contributed by atoms with E-state index in [-0.39, 0.29) is 12.0 Å². The molecule has 3 N–H and O–H groups in total. The molecule has 0 rings (SSSR count). The monoisotopic (exact) mass is 284 g/mol. The van der Waals surface area contributed by atoms with Gasteiger partial charge in [-0.2, -0.15) is 0 Å². The van der Waals surface area contributed by atoms with Crippen LogP contribution in [0.2, 0.25) is 0 Å². The SMILES string of the molecule is CC(C)(C)NC(=O)/C=C(\CC(=O)NC(C)(C)C)C(=O)O. The smallest absolute Gasteiger partial charge is 0.332 e. The molecule has 0 unspecified atom stereocenters. The van der Waals surface area contributed by atoms with Crippen LogP contribution >= 0.6 is 0 Å². The third-order valence-electron chi connectivity index (χ3n) is 1.94. The molecule has 20 heavy (non-hydrogen) atoms. The molecule has 6 heteroatoms. The van der Waals surface area contributed by atoms with Crippen LogP contribution in [0.25, 0.3) is 0 Å². The first-order valence-electron chi connectivity index (χ1n) is 6.37. The number of hydrogen-bond acceptors (Lipinski definition) is 3. The highest BCUT2D eigenvalue weighted by atomic mass is 16.4. The molecular formula is C14H24N2O4. The number of amides is 2. The fraction of sp³-hybridized carbons (Fsp3) is 0.643. The predicted octanol–water partition coefficient (Wildman–Crippen LogP) is 1.22. The van der Waals surface area contributed by atoms with Crippen molar-refractivity contribution in [3.05, 3.63) is 11.6 Å². The molecule has 0 saturated carbocycles. The van der Waals surface area contributed by atoms with Crippen LogP contribution in [0.4, 0.5) is 0 Å². The Balaban J connectivity index is 4.87. The molecule has 0 aromatic carbocycles. The van der Waals surface area contributed by atoms with E-state index in [1.165, 1.54) is 0 Å². The summed E-state index contributed by atoms with van der Waals surface area (Å²) in [7, 11) is 0. The fourth-order valence-electron chi connectivity index (χ4n) is 1.39. The van der Waals surface area contributed by atoms with E-state index in [9.17, 15) is 14.4 Å². The Morgan fingerprint density at radius 2 is 1.40 bits per heavy atom. The van der Waals surface area contributed by atoms with Gasteiger partial charge in [0.25, 0.3) is 0 Å². The van der Waals surface area contributed by atoms with Gasteiger partial charge in [-0.1, -0.05) is 0 Å². The zero-order valence-electron chi connectivity index (χ0n) is 13.0. The molecule has 114 valence electrons. The van der Waals surface area contributed by atoms with Crippen LogP contribution < -0.4 is 10.6 Å². The summed E-state index contributed by atoms with van der Waals surface area (Å²) in [6, 6.07) is 0. The summed E-state index contributed by atoms with van der Waals surface area (Å²) < 4.78 is 0. The second kappa shape index (κ2) is 6.54. The fourth-order valence-corrected chi connectivity index (χ4v) is 1.39. The highest BCUT2D eigenvalue weighted by molar-refractivity contribution is 6.01. The summed E-state index contributed by atoms with van der Waals surface area (Å²) in [6.45, 7) is 10.7. The third-order valence-corrected chi connectivity index (χ3v) is 1.94. The Kier molecular flexibility index (Phi) is 5.94. The van der Waals surface area contributed by atoms with Gasteiger partial charge in [0.05, 0.1) is 12.0 Å². The lowest BCUT2D eigenvalue weighted by Crippen LogP contribution is -2.41. The molecule has 0 spiro atoms. The molecule has 0 heterocycles. The molecule has 0 aromatic rings. The molecule has 0 aliphatic carbocycles. The quantitative estimate of drug-likeness (QED) is 0.676. The van der Waals surface area contributed by atoms with Gasteiger partial charge >= 0.3 is 5.97 Å². The van der Waals surface area contributed by atoms with E-state index in [1.807, 2.05) is 0 Å². The molecule has 0 bridgehead atoms. The summed E-state index contributed by atoms with van der Waals surface area (Å²) in [4.78, 5) is 34.4. The van der Waals surface area contributed by atoms with Crippen LogP contribution in [0.1, 0.15) is 48.0 Å². The third kappa shape index (κ3) is 9.13. The van der Waals surface area contributed by atoms with E-state index < -0.39 is 28.9 Å². The summed E-state index contributed by atoms with van der Waals surface area (Å²) in [5.74, 6) is -2.24. The van der Waals surface area contributed by atoms with Gasteiger partial charge in [0, 0.05) is 17.2 Å². The average molecular weight is 284 g/mol. The number of carboxylic acid groups (broad SMARTS) is 1. The molecule has 0 aliphatic heterocycles. The highest BCUT2D eigenvalue weighted by Gasteiger charge is 2.20. The minimum atomic E-state index is -1.28. The molecule has 0 radical (unpaired) electrons. The van der Waals surface area contributed by atoms with Crippen LogP contribution in [-0.4, -0.2) is 34.0 Å². The second-order valence-electron chi connectivity index (χ2n) is 6.69. The minimum Gasteiger partial charge on any atom is -0.478 e. The van der Waals surface area contributed by atoms with Crippen molar-refractivity contribution < 1.29 is 19.5 Å². The number of carboxylic acids is 1. The zero-order valence-corrected chi connectivity index (χ0v) is 13.0. The van der Waals surface area contributed by atoms with E-state index in [0.29, 0.717) is 0 Å². The number of carbonyl (C=O) groups excluding carboxylic acids is 2. The van der Waals surface area contributed by atoms with Gasteiger partial charge in [-0.3, -0.25) is 9.59 Å². The number of carbonyl (C=O) groups is 3. The normalized spacial score (nSPS) is 12.8. The topological polar surface area (TPSA) is 95.5 Å². The van der Waals surface area contributed by atoms with E-state index in [1.54, 1.807) is 41.5 Å². The number of rotatable bonds is 4. The van der Waals surface area contributed by atoms with Crippen molar-refractivity contribution >= 4 is 17.8 Å². The Morgan fingerprint density at radius 3 is 1.75 bits per heavy atom. The Hall–Kier alpha value is -1.85. The Morgan fingerprint density at radius 1 is 0.950 bits per heavy atom. The van der Waals surface area contributed by atoms with Crippen LogP contribution in [-0.2, 0) is 14.4 Å². The minimum absolute atomic E-state index is 0.242. The maximum absolute atomic E-state index is 11.7. The Labute approximate surface area is 119 Å². The lowest BCUT2D eigenvalue weighted by Gasteiger charge is -2.21. The van der Waals surface area contributed by atoms with Gasteiger partial charge in [0.1, 0.15) is 0 Å². The maximum Gasteiger partial charge on any atom is 0.332 e. The van der Waals surface area contributed by atoms with Crippen molar-refractivity contribution in [2.75, 3.05) is 0 Å². The molecular weight excluding hydrogens is 260 g/mol. The second-order valence-corrected chi connectivity index (χ2v) is 6.69. The van der Waals surface area contributed by atoms with E-state index >= 15 is 0 Å². The van der Waals surface area contributed by atoms with Crippen molar-refractivity contribution in [1.82, 2.24) is 10.6 Å². The van der Waals surface area contributed by atoms with Crippen LogP contribution in [0.5, 0.6) is 0 Å². The van der Waals surface area contributed by atoms with Gasteiger partial charge in [0.15, 0.2) is 0 Å². The average Bonchev–Trinajstić information content (AvgIpc) is 2.09. The lowest BCUT2D eigenvalue weighted by atomic mass is 10.1. The van der Waals surface area contributed by atoms with Crippen LogP contribution in [0, 0.1) is 0 Å². The van der Waals surface area contributed by atoms with Gasteiger partial charge in [-0.05, 0) is 41.5 Å². The molecule has 0 aliphatic rings. The van der Waals surface area contributed by atoms with Crippen molar-refractivity contribution in [1.29, 1.82) is 0 Å². The van der Waals surface area contributed by atoms with Crippen molar-refractivity contribution in [3.63, 3.8) is 0 Å². The van der Waals surface area contributed by atoms with Crippen molar-refractivity contribution in [2.45, 2.75) is 59.0 Å². The molecule has 0 fully saturated rings. The number of hydrogen-bond donors (Lipinski definition) is 3. The first-order valence-corrected chi connectivity index (χ1v) is 6.37. The Bertz CT molecular complexity index is 425. The summed E-state index contributed by atoms with van der Waals surface area (Å²) in [5.41, 5.74) is -1.16. The van der Waals surface area contributed by atoms with Crippen LogP contribution in [0.3, 0.4) is 0 Å². The number of nitrogens with one attached hydrogen (secondary N) is 2. The predicted molar refractivity (Wildman–Crippen MR) is 76.1 cm³/mol. The van der Waals surface area contributed by atoms with Gasteiger partial charge in [-0.15, -0.1) is 0 Å². The first-order chi connectivity index (χ1) is 8.80. The summed E-state index contributed by atoms with van der Waals surface area (Å²) in [5, 5.41) is 14.3. The maximum atomic E-state index is 11.7. The highest BCUT2D eigenvalue weighted by Crippen LogP contribution is 2.06. The van der Waals surface area contributed by atoms with E-state index in [2.05, 4.69) is 10.6 Å². The zero-order chi connectivity index (χ0) is 16.1. The van der Waals surface area contributed by atoms with E-state index in [4.69, 9.17) is 5.11 Å². The summed E-state index contributed by atoms with van der Waals surface area (Å²) in [6.07, 6.45) is 0.611. The summed E-state index contributed by atoms with van der Waals surface area (Å²) >= 11 is 0. The first kappa shape index (κ1) is 18.1. The molecule has 6 nitrogen and oxygen atoms in total. The van der Waals surface area contributed by atoms with Crippen molar-refractivity contribution in [2.24, 2.45) is 0 Å². The standard InChI is InChI=1S/C14H24N2O4/c1-13(2,3)15-10(17)7-9(12(19)20)8-11(18)16-14(4,5)6/h7H,8H2,1-6H3,(H,15,17)(H,16,18)(H,19,20)/b9-7+. The molecule has 0 aromatic heterocycles. The molecule has 2 amide bonds. The van der Waals surface area contributed by atoms with Crippen LogP contribution in [0.15, 0.2) is 11.6 Å². The molecule has 0 atom stereocenters. The largest absolute Gasteiger partial charge is 0.478 e. The lowest BCUT2D eigenvalue weighted by molar-refractivity contribution is -0.134.